The van der Waals surface area contributed by atoms with Crippen LogP contribution >= 0.6 is 0 Å². The van der Waals surface area contributed by atoms with Crippen molar-refractivity contribution in [2.45, 2.75) is 103 Å². The second-order valence-electron chi connectivity index (χ2n) is 15.8. The maximum absolute atomic E-state index is 15.6. The maximum atomic E-state index is 15.6. The minimum atomic E-state index is -1.69. The van der Waals surface area contributed by atoms with E-state index in [9.17, 15) is 19.5 Å². The maximum Gasteiger partial charge on any atom is 0.408 e. The van der Waals surface area contributed by atoms with Gasteiger partial charge in [0.05, 0.1) is 36.9 Å². The van der Waals surface area contributed by atoms with Crippen LogP contribution in [0.4, 0.5) is 4.79 Å². The number of nitrogens with zero attached hydrogens (tertiary/aromatic N) is 2. The van der Waals surface area contributed by atoms with Gasteiger partial charge in [-0.3, -0.25) is 14.4 Å². The number of aryl methyl sites for hydroxylation is 1. The lowest BCUT2D eigenvalue weighted by Crippen LogP contribution is -2.71. The van der Waals surface area contributed by atoms with Gasteiger partial charge in [-0.15, -0.1) is 0 Å². The molecule has 0 aliphatic heterocycles. The van der Waals surface area contributed by atoms with Gasteiger partial charge in [0, 0.05) is 32.0 Å². The molecule has 0 saturated heterocycles. The highest BCUT2D eigenvalue weighted by molar-refractivity contribution is 5.92. The average molecular weight is 783 g/mol. The predicted octanol–water partition coefficient (Wildman–Crippen LogP) is 4.88. The molecule has 3 aromatic carbocycles. The topological polar surface area (TPSA) is 189 Å². The van der Waals surface area contributed by atoms with Gasteiger partial charge in [0.1, 0.15) is 17.7 Å². The molecule has 0 saturated carbocycles. The quantitative estimate of drug-likeness (QED) is 0.0791. The zero-order valence-corrected chi connectivity index (χ0v) is 33.6. The molecule has 1 unspecified atom stereocenters. The SMILES string of the molecule is CC(C)CC(COCc1ccccc1)([C@@H](O)CNC(=O)CCc1ccccc1)N(C(=O)[C@H](Cc1ccccc1)NC(=O)OC(C)(C)C)[C@@H](Cc1c[nH]cn1)C(N)=O. The van der Waals surface area contributed by atoms with E-state index < -0.39 is 47.2 Å². The molecule has 4 aromatic rings. The number of imidazole rings is 1. The Hall–Kier alpha value is -5.53. The number of aromatic nitrogens is 2. The van der Waals surface area contributed by atoms with Crippen LogP contribution in [0.1, 0.15) is 69.8 Å². The van der Waals surface area contributed by atoms with Crippen molar-refractivity contribution in [2.75, 3.05) is 13.2 Å². The molecule has 0 bridgehead atoms. The molecular formula is C44H58N6O7. The number of nitrogens with two attached hydrogens (primary N) is 1. The van der Waals surface area contributed by atoms with Gasteiger partial charge in [0.15, 0.2) is 0 Å². The summed E-state index contributed by atoms with van der Waals surface area (Å²) in [5.41, 5.74) is 6.62. The number of hydrogen-bond donors (Lipinski definition) is 5. The largest absolute Gasteiger partial charge is 0.444 e. The molecule has 0 fully saturated rings. The molecule has 1 aromatic heterocycles. The molecule has 6 N–H and O–H groups in total. The monoisotopic (exact) mass is 782 g/mol. The lowest BCUT2D eigenvalue weighted by molar-refractivity contribution is -0.165. The summed E-state index contributed by atoms with van der Waals surface area (Å²) >= 11 is 0. The zero-order valence-electron chi connectivity index (χ0n) is 33.6. The zero-order chi connectivity index (χ0) is 41.4. The third-order valence-electron chi connectivity index (χ3n) is 9.41. The summed E-state index contributed by atoms with van der Waals surface area (Å²) in [6.07, 6.45) is 1.36. The normalized spacial score (nSPS) is 14.2. The molecule has 13 nitrogen and oxygen atoms in total. The van der Waals surface area contributed by atoms with Gasteiger partial charge in [-0.2, -0.15) is 0 Å². The Bertz CT molecular complexity index is 1840. The fourth-order valence-corrected chi connectivity index (χ4v) is 6.91. The highest BCUT2D eigenvalue weighted by atomic mass is 16.6. The van der Waals surface area contributed by atoms with Gasteiger partial charge < -0.3 is 40.8 Å². The number of ether oxygens (including phenoxy) is 2. The molecule has 4 rings (SSSR count). The molecule has 0 spiro atoms. The number of hydrogen-bond acceptors (Lipinski definition) is 8. The number of carbonyl (C=O) groups is 4. The summed E-state index contributed by atoms with van der Waals surface area (Å²) in [4.78, 5) is 64.6. The summed E-state index contributed by atoms with van der Waals surface area (Å²) in [5, 5.41) is 18.2. The van der Waals surface area contributed by atoms with E-state index in [0.717, 1.165) is 16.7 Å². The number of aliphatic hydroxyl groups is 1. The number of H-pyrrole nitrogens is 1. The van der Waals surface area contributed by atoms with Crippen molar-refractivity contribution >= 4 is 23.8 Å². The van der Waals surface area contributed by atoms with E-state index in [1.54, 1.807) is 27.0 Å². The number of aliphatic hydroxyl groups excluding tert-OH is 1. The lowest BCUT2D eigenvalue weighted by atomic mass is 9.79. The van der Waals surface area contributed by atoms with E-state index in [1.165, 1.54) is 11.2 Å². The van der Waals surface area contributed by atoms with Crippen LogP contribution < -0.4 is 16.4 Å². The summed E-state index contributed by atoms with van der Waals surface area (Å²) < 4.78 is 12.0. The molecule has 0 aliphatic carbocycles. The van der Waals surface area contributed by atoms with Crippen LogP contribution in [0.2, 0.25) is 0 Å². The number of rotatable bonds is 21. The van der Waals surface area contributed by atoms with Crippen LogP contribution in [-0.2, 0) is 49.7 Å². The molecule has 57 heavy (non-hydrogen) atoms. The third-order valence-corrected chi connectivity index (χ3v) is 9.41. The lowest BCUT2D eigenvalue weighted by Gasteiger charge is -2.51. The van der Waals surface area contributed by atoms with E-state index in [4.69, 9.17) is 15.2 Å². The number of amides is 4. The van der Waals surface area contributed by atoms with Gasteiger partial charge >= 0.3 is 6.09 Å². The molecule has 4 amide bonds. The van der Waals surface area contributed by atoms with Crippen molar-refractivity contribution in [3.05, 3.63) is 126 Å². The van der Waals surface area contributed by atoms with Gasteiger partial charge in [-0.1, -0.05) is 105 Å². The second kappa shape index (κ2) is 21.1. The molecular weight excluding hydrogens is 725 g/mol. The van der Waals surface area contributed by atoms with Crippen LogP contribution in [-0.4, -0.2) is 86.3 Å². The Kier molecular flexibility index (Phi) is 16.4. The first kappa shape index (κ1) is 44.2. The molecule has 13 heteroatoms. The van der Waals surface area contributed by atoms with Crippen LogP contribution in [0.5, 0.6) is 0 Å². The van der Waals surface area contributed by atoms with E-state index in [2.05, 4.69) is 20.6 Å². The van der Waals surface area contributed by atoms with Crippen LogP contribution in [0.15, 0.2) is 104 Å². The van der Waals surface area contributed by atoms with Crippen molar-refractivity contribution in [1.82, 2.24) is 25.5 Å². The van der Waals surface area contributed by atoms with Crippen LogP contribution in [0, 0.1) is 5.92 Å². The standard InChI is InChI=1S/C44H58N6O7/c1-31(2)25-44(29-56-28-34-19-13-8-14-20-34,38(51)27-47-39(52)22-21-32-15-9-6-10-16-32)50(37(40(45)53)24-35-26-46-30-48-35)41(54)36(23-33-17-11-7-12-18-33)49-42(55)57-43(3,4)5/h6-20,26,30-31,36-38,51H,21-25,27-29H2,1-5H3,(H2,45,53)(H,46,48)(H,47,52)(H,49,55)/t36-,37-,38-,44?/m0/s1. The van der Waals surface area contributed by atoms with Crippen LogP contribution in [0.25, 0.3) is 0 Å². The van der Waals surface area contributed by atoms with E-state index in [1.807, 2.05) is 105 Å². The van der Waals surface area contributed by atoms with Crippen molar-refractivity contribution in [1.29, 1.82) is 0 Å². The molecule has 306 valence electrons. The fourth-order valence-electron chi connectivity index (χ4n) is 6.91. The van der Waals surface area contributed by atoms with Crippen molar-refractivity contribution in [3.8, 4) is 0 Å². The number of carbonyl (C=O) groups excluding carboxylic acids is 4. The molecule has 4 atom stereocenters. The predicted molar refractivity (Wildman–Crippen MR) is 217 cm³/mol. The number of alkyl carbamates (subject to hydrolysis) is 1. The minimum Gasteiger partial charge on any atom is -0.444 e. The van der Waals surface area contributed by atoms with Crippen molar-refractivity contribution in [2.24, 2.45) is 11.7 Å². The summed E-state index contributed by atoms with van der Waals surface area (Å²) in [6, 6.07) is 25.4. The third kappa shape index (κ3) is 13.9. The van der Waals surface area contributed by atoms with E-state index >= 15 is 4.79 Å². The van der Waals surface area contributed by atoms with Crippen molar-refractivity contribution in [3.63, 3.8) is 0 Å². The smallest absolute Gasteiger partial charge is 0.408 e. The van der Waals surface area contributed by atoms with Gasteiger partial charge in [0.2, 0.25) is 17.7 Å². The number of aromatic amines is 1. The van der Waals surface area contributed by atoms with Gasteiger partial charge in [-0.25, -0.2) is 9.78 Å². The Morgan fingerprint density at radius 3 is 2.02 bits per heavy atom. The average Bonchev–Trinajstić information content (AvgIpc) is 3.69. The van der Waals surface area contributed by atoms with Crippen LogP contribution in [0.3, 0.4) is 0 Å². The first-order valence-electron chi connectivity index (χ1n) is 19.4. The number of primary amides is 1. The fraction of sp³-hybridized carbons (Fsp3) is 0.432. The van der Waals surface area contributed by atoms with E-state index in [-0.39, 0.29) is 57.3 Å². The summed E-state index contributed by atoms with van der Waals surface area (Å²) in [7, 11) is 0. The summed E-state index contributed by atoms with van der Waals surface area (Å²) in [5.74, 6) is -2.06. The molecule has 1 heterocycles. The Morgan fingerprint density at radius 1 is 0.877 bits per heavy atom. The minimum absolute atomic E-state index is 0.0122. The van der Waals surface area contributed by atoms with Gasteiger partial charge in [-0.05, 0) is 56.2 Å². The number of nitrogens with one attached hydrogen (secondary N) is 3. The first-order valence-corrected chi connectivity index (χ1v) is 19.4. The first-order chi connectivity index (χ1) is 27.2. The molecule has 0 aliphatic rings. The Morgan fingerprint density at radius 2 is 1.47 bits per heavy atom. The molecule has 0 radical (unpaired) electrons. The highest BCUT2D eigenvalue weighted by Crippen LogP contribution is 2.34. The van der Waals surface area contributed by atoms with Gasteiger partial charge in [0.25, 0.3) is 0 Å². The highest BCUT2D eigenvalue weighted by Gasteiger charge is 2.52. The Balaban J connectivity index is 1.85. The summed E-state index contributed by atoms with van der Waals surface area (Å²) in [6.45, 7) is 8.55. The van der Waals surface area contributed by atoms with E-state index in [0.29, 0.717) is 12.1 Å². The van der Waals surface area contributed by atoms with Crippen molar-refractivity contribution < 1.29 is 33.8 Å². The Labute approximate surface area is 335 Å². The number of benzene rings is 3. The second-order valence-corrected chi connectivity index (χ2v) is 15.8.